The second kappa shape index (κ2) is 8.17. The highest BCUT2D eigenvalue weighted by Gasteiger charge is 2.53. The highest BCUT2D eigenvalue weighted by Crippen LogP contribution is 2.38. The Balaban J connectivity index is 1.64. The van der Waals surface area contributed by atoms with Crippen LogP contribution in [-0.4, -0.2) is 45.0 Å². The lowest BCUT2D eigenvalue weighted by molar-refractivity contribution is -0.175. The first-order chi connectivity index (χ1) is 14.6. The van der Waals surface area contributed by atoms with Crippen LogP contribution in [0.5, 0.6) is 0 Å². The van der Waals surface area contributed by atoms with Crippen LogP contribution in [0.3, 0.4) is 0 Å². The lowest BCUT2D eigenvalue weighted by atomic mass is 10.0. The molecule has 2 aliphatic heterocycles. The monoisotopic (exact) mass is 440 g/mol. The number of benzene rings is 2. The van der Waals surface area contributed by atoms with Gasteiger partial charge >= 0.3 is 5.97 Å². The summed E-state index contributed by atoms with van der Waals surface area (Å²) in [6.45, 7) is 10.7. The van der Waals surface area contributed by atoms with Crippen LogP contribution in [-0.2, 0) is 23.4 Å². The molecule has 2 heterocycles. The molecule has 0 saturated carbocycles. The van der Waals surface area contributed by atoms with Gasteiger partial charge < -0.3 is 18.6 Å². The molecular formula is C25H32O5Si. The highest BCUT2D eigenvalue weighted by molar-refractivity contribution is 6.99. The van der Waals surface area contributed by atoms with E-state index in [1.54, 1.807) is 0 Å². The van der Waals surface area contributed by atoms with Crippen molar-refractivity contribution in [1.82, 2.24) is 0 Å². The fourth-order valence-electron chi connectivity index (χ4n) is 4.83. The Bertz CT molecular complexity index is 867. The van der Waals surface area contributed by atoms with E-state index < -0.39 is 20.2 Å². The number of fused-ring (bicyclic) bond motifs is 1. The van der Waals surface area contributed by atoms with E-state index in [-0.39, 0.29) is 23.2 Å². The van der Waals surface area contributed by atoms with Crippen LogP contribution >= 0.6 is 0 Å². The zero-order valence-corrected chi connectivity index (χ0v) is 20.0. The van der Waals surface area contributed by atoms with Crippen LogP contribution in [0.1, 0.15) is 41.0 Å². The molecule has 0 unspecified atom stereocenters. The van der Waals surface area contributed by atoms with Crippen LogP contribution in [0, 0.1) is 0 Å². The molecule has 0 aliphatic carbocycles. The summed E-state index contributed by atoms with van der Waals surface area (Å²) in [5.41, 5.74) is 0. The van der Waals surface area contributed by atoms with Gasteiger partial charge in [0, 0.05) is 6.42 Å². The Morgan fingerprint density at radius 2 is 1.52 bits per heavy atom. The van der Waals surface area contributed by atoms with Gasteiger partial charge in [-0.25, -0.2) is 4.79 Å². The van der Waals surface area contributed by atoms with E-state index in [1.165, 1.54) is 10.4 Å². The normalized spacial score (nSPS) is 25.7. The van der Waals surface area contributed by atoms with Crippen LogP contribution in [0.2, 0.25) is 5.04 Å². The Morgan fingerprint density at radius 3 is 2.03 bits per heavy atom. The minimum atomic E-state index is -2.68. The average Bonchev–Trinajstić information content (AvgIpc) is 3.04. The van der Waals surface area contributed by atoms with Crippen molar-refractivity contribution in [3.05, 3.63) is 60.7 Å². The molecule has 0 bridgehead atoms. The van der Waals surface area contributed by atoms with Gasteiger partial charge in [-0.2, -0.15) is 0 Å². The Hall–Kier alpha value is -1.99. The molecule has 2 fully saturated rings. The van der Waals surface area contributed by atoms with Crippen molar-refractivity contribution in [3.8, 4) is 0 Å². The topological polar surface area (TPSA) is 54.0 Å². The third-order valence-electron chi connectivity index (χ3n) is 6.10. The second-order valence-electron chi connectivity index (χ2n) is 9.86. The number of carbonyl (C=O) groups is 1. The number of esters is 1. The number of hydrogen-bond donors (Lipinski definition) is 0. The maximum atomic E-state index is 12.6. The van der Waals surface area contributed by atoms with E-state index >= 15 is 0 Å². The van der Waals surface area contributed by atoms with Crippen molar-refractivity contribution in [2.24, 2.45) is 0 Å². The molecule has 0 aromatic heterocycles. The fourth-order valence-corrected chi connectivity index (χ4v) is 9.42. The summed E-state index contributed by atoms with van der Waals surface area (Å²) in [5.74, 6) is -1.14. The van der Waals surface area contributed by atoms with Gasteiger partial charge in [0.1, 0.15) is 12.2 Å². The molecule has 166 valence electrons. The predicted octanol–water partition coefficient (Wildman–Crippen LogP) is 3.40. The lowest BCUT2D eigenvalue weighted by Gasteiger charge is -2.44. The van der Waals surface area contributed by atoms with E-state index in [0.29, 0.717) is 13.0 Å². The SMILES string of the molecule is CC1(C)O[C@@H]2C[C@@H](CO[Si](c3ccccc3)(c3ccccc3)C(C)(C)C)OC(=O)[C@@H]2O1. The van der Waals surface area contributed by atoms with Crippen LogP contribution in [0.25, 0.3) is 0 Å². The van der Waals surface area contributed by atoms with Crippen molar-refractivity contribution >= 4 is 24.7 Å². The minimum absolute atomic E-state index is 0.133. The summed E-state index contributed by atoms with van der Waals surface area (Å²) in [4.78, 5) is 12.6. The molecule has 31 heavy (non-hydrogen) atoms. The summed E-state index contributed by atoms with van der Waals surface area (Å²) in [5, 5.41) is 2.27. The Morgan fingerprint density at radius 1 is 0.968 bits per heavy atom. The van der Waals surface area contributed by atoms with Crippen molar-refractivity contribution in [2.45, 2.75) is 70.2 Å². The number of rotatable bonds is 5. The van der Waals surface area contributed by atoms with E-state index in [4.69, 9.17) is 18.6 Å². The van der Waals surface area contributed by atoms with E-state index in [1.807, 2.05) is 26.0 Å². The molecular weight excluding hydrogens is 408 g/mol. The molecule has 0 spiro atoms. The maximum Gasteiger partial charge on any atom is 0.338 e. The zero-order valence-electron chi connectivity index (χ0n) is 19.0. The Kier molecular flexibility index (Phi) is 5.85. The van der Waals surface area contributed by atoms with Gasteiger partial charge in [-0.15, -0.1) is 0 Å². The molecule has 2 saturated heterocycles. The second-order valence-corrected chi connectivity index (χ2v) is 14.2. The molecule has 2 aromatic rings. The summed E-state index contributed by atoms with van der Waals surface area (Å²) >= 11 is 0. The number of cyclic esters (lactones) is 1. The fraction of sp³-hybridized carbons (Fsp3) is 0.480. The van der Waals surface area contributed by atoms with Gasteiger partial charge in [-0.1, -0.05) is 81.4 Å². The summed E-state index contributed by atoms with van der Waals surface area (Å²) in [6, 6.07) is 20.9. The summed E-state index contributed by atoms with van der Waals surface area (Å²) < 4.78 is 24.3. The van der Waals surface area contributed by atoms with Crippen LogP contribution < -0.4 is 10.4 Å². The number of ether oxygens (including phenoxy) is 3. The molecule has 0 amide bonds. The third-order valence-corrected chi connectivity index (χ3v) is 11.1. The van der Waals surface area contributed by atoms with Crippen molar-refractivity contribution in [3.63, 3.8) is 0 Å². The number of hydrogen-bond acceptors (Lipinski definition) is 5. The first-order valence-electron chi connectivity index (χ1n) is 10.9. The quantitative estimate of drug-likeness (QED) is 0.527. The third kappa shape index (κ3) is 4.22. The van der Waals surface area contributed by atoms with E-state index in [2.05, 4.69) is 69.3 Å². The first kappa shape index (κ1) is 22.2. The first-order valence-corrected chi connectivity index (χ1v) is 12.8. The van der Waals surface area contributed by atoms with Crippen molar-refractivity contribution in [2.75, 3.05) is 6.61 Å². The smallest absolute Gasteiger partial charge is 0.338 e. The van der Waals surface area contributed by atoms with Gasteiger partial charge in [0.15, 0.2) is 11.9 Å². The van der Waals surface area contributed by atoms with E-state index in [9.17, 15) is 4.79 Å². The standard InChI is InChI=1S/C25H32O5Si/c1-24(2,3)31(19-12-8-6-9-13-19,20-14-10-7-11-15-20)27-17-18-16-21-22(23(26)28-18)30-25(4,5)29-21/h6-15,18,21-22H,16-17H2,1-5H3/t18-,21+,22+/m0/s1. The van der Waals surface area contributed by atoms with Gasteiger partial charge in [-0.3, -0.25) is 0 Å². The molecule has 6 heteroatoms. The number of carbonyl (C=O) groups excluding carboxylic acids is 1. The maximum absolute atomic E-state index is 12.6. The van der Waals surface area contributed by atoms with Gasteiger partial charge in [0.25, 0.3) is 8.32 Å². The van der Waals surface area contributed by atoms with Crippen molar-refractivity contribution in [1.29, 1.82) is 0 Å². The molecule has 3 atom stereocenters. The van der Waals surface area contributed by atoms with Crippen molar-refractivity contribution < 1.29 is 23.4 Å². The molecule has 5 nitrogen and oxygen atoms in total. The van der Waals surface area contributed by atoms with Crippen LogP contribution in [0.15, 0.2) is 60.7 Å². The zero-order chi connectivity index (χ0) is 22.3. The molecule has 0 N–H and O–H groups in total. The predicted molar refractivity (Wildman–Crippen MR) is 122 cm³/mol. The minimum Gasteiger partial charge on any atom is -0.458 e. The average molecular weight is 441 g/mol. The molecule has 0 radical (unpaired) electrons. The Labute approximate surface area is 185 Å². The van der Waals surface area contributed by atoms with Gasteiger partial charge in [0.05, 0.1) is 6.61 Å². The molecule has 4 rings (SSSR count). The molecule has 2 aromatic carbocycles. The van der Waals surface area contributed by atoms with Crippen LogP contribution in [0.4, 0.5) is 0 Å². The van der Waals surface area contributed by atoms with E-state index in [0.717, 1.165) is 0 Å². The summed E-state index contributed by atoms with van der Waals surface area (Å²) in [6.07, 6.45) is -0.756. The summed E-state index contributed by atoms with van der Waals surface area (Å²) in [7, 11) is -2.68. The van der Waals surface area contributed by atoms with Gasteiger partial charge in [0.2, 0.25) is 0 Å². The largest absolute Gasteiger partial charge is 0.458 e. The molecule has 2 aliphatic rings. The van der Waals surface area contributed by atoms with Gasteiger partial charge in [-0.05, 0) is 29.3 Å². The highest BCUT2D eigenvalue weighted by atomic mass is 28.4. The lowest BCUT2D eigenvalue weighted by Crippen LogP contribution is -2.67.